The number of hydrogen-bond donors (Lipinski definition) is 1. The van der Waals surface area contributed by atoms with Gasteiger partial charge < -0.3 is 9.88 Å². The number of carbonyl (C=O) groups is 1. The maximum atomic E-state index is 13.7. The van der Waals surface area contributed by atoms with E-state index in [4.69, 9.17) is 0 Å². The SMILES string of the molecule is Cc1ccc(-n2nccn2)c(C(=O)N2CC[C@H](C)[C@H]2c2nc3c(C(F)(F)F)cccc3[nH]2)c1. The molecule has 1 aliphatic heterocycles. The largest absolute Gasteiger partial charge is 0.418 e. The van der Waals surface area contributed by atoms with Crippen molar-refractivity contribution < 1.29 is 18.0 Å². The van der Waals surface area contributed by atoms with E-state index in [1.807, 2.05) is 19.9 Å². The highest BCUT2D eigenvalue weighted by Gasteiger charge is 2.40. The zero-order valence-corrected chi connectivity index (χ0v) is 18.0. The zero-order chi connectivity index (χ0) is 23.3. The highest BCUT2D eigenvalue weighted by molar-refractivity contribution is 5.98. The Labute approximate surface area is 187 Å². The van der Waals surface area contributed by atoms with Gasteiger partial charge in [0.2, 0.25) is 0 Å². The van der Waals surface area contributed by atoms with Gasteiger partial charge in [-0.1, -0.05) is 24.6 Å². The molecule has 1 fully saturated rings. The van der Waals surface area contributed by atoms with Gasteiger partial charge in [0.05, 0.1) is 40.8 Å². The fourth-order valence-corrected chi connectivity index (χ4v) is 4.50. The second-order valence-electron chi connectivity index (χ2n) is 8.37. The van der Waals surface area contributed by atoms with Gasteiger partial charge in [0.1, 0.15) is 11.3 Å². The number of fused-ring (bicyclic) bond motifs is 1. The molecule has 0 radical (unpaired) electrons. The number of benzene rings is 2. The van der Waals surface area contributed by atoms with Crippen LogP contribution in [0, 0.1) is 12.8 Å². The molecule has 1 N–H and O–H groups in total. The second-order valence-corrected chi connectivity index (χ2v) is 8.37. The van der Waals surface area contributed by atoms with Crippen molar-refractivity contribution in [3.63, 3.8) is 0 Å². The van der Waals surface area contributed by atoms with Gasteiger partial charge in [-0.2, -0.15) is 28.2 Å². The molecule has 1 amide bonds. The molecule has 0 bridgehead atoms. The Bertz CT molecular complexity index is 1330. The van der Waals surface area contributed by atoms with Crippen LogP contribution >= 0.6 is 0 Å². The highest BCUT2D eigenvalue weighted by atomic mass is 19.4. The molecule has 3 heterocycles. The first kappa shape index (κ1) is 21.2. The molecule has 10 heteroatoms. The van der Waals surface area contributed by atoms with Crippen molar-refractivity contribution in [2.75, 3.05) is 6.54 Å². The number of likely N-dealkylation sites (tertiary alicyclic amines) is 1. The molecule has 0 aliphatic carbocycles. The van der Waals surface area contributed by atoms with Crippen LogP contribution in [0.15, 0.2) is 48.8 Å². The molecule has 5 rings (SSSR count). The van der Waals surface area contributed by atoms with Gasteiger partial charge in [-0.05, 0) is 43.5 Å². The van der Waals surface area contributed by atoms with Gasteiger partial charge in [-0.3, -0.25) is 4.79 Å². The quantitative estimate of drug-likeness (QED) is 0.487. The summed E-state index contributed by atoms with van der Waals surface area (Å²) >= 11 is 0. The van der Waals surface area contributed by atoms with Crippen LogP contribution in [-0.2, 0) is 6.18 Å². The summed E-state index contributed by atoms with van der Waals surface area (Å²) in [5, 5.41) is 8.30. The summed E-state index contributed by atoms with van der Waals surface area (Å²) in [6, 6.07) is 8.89. The standard InChI is InChI=1S/C23H21F3N6O/c1-13-6-7-18(32-27-9-10-28-32)15(12-13)22(33)31-11-8-14(2)20(31)21-29-17-5-3-4-16(19(17)30-21)23(24,25)26/h3-7,9-10,12,14,20H,8,11H2,1-2H3,(H,29,30)/t14-,20-/m0/s1. The number of hydrogen-bond acceptors (Lipinski definition) is 4. The number of H-pyrrole nitrogens is 1. The molecule has 2 aromatic heterocycles. The molecule has 2 aromatic carbocycles. The number of alkyl halides is 3. The van der Waals surface area contributed by atoms with Gasteiger partial charge in [-0.25, -0.2) is 4.98 Å². The lowest BCUT2D eigenvalue weighted by Crippen LogP contribution is -2.33. The summed E-state index contributed by atoms with van der Waals surface area (Å²) in [4.78, 5) is 24.1. The summed E-state index contributed by atoms with van der Waals surface area (Å²) in [7, 11) is 0. The Morgan fingerprint density at radius 3 is 2.64 bits per heavy atom. The third-order valence-electron chi connectivity index (χ3n) is 6.09. The predicted octanol–water partition coefficient (Wildman–Crippen LogP) is 4.69. The average molecular weight is 454 g/mol. The Morgan fingerprint density at radius 1 is 1.15 bits per heavy atom. The van der Waals surface area contributed by atoms with Gasteiger partial charge in [-0.15, -0.1) is 0 Å². The molecule has 0 spiro atoms. The fraction of sp³-hybridized carbons (Fsp3) is 0.304. The normalized spacial score (nSPS) is 18.9. The van der Waals surface area contributed by atoms with Crippen molar-refractivity contribution in [2.24, 2.45) is 5.92 Å². The lowest BCUT2D eigenvalue weighted by Gasteiger charge is -2.26. The van der Waals surface area contributed by atoms with Crippen molar-refractivity contribution in [3.8, 4) is 5.69 Å². The minimum absolute atomic E-state index is 0.0138. The maximum Gasteiger partial charge on any atom is 0.418 e. The van der Waals surface area contributed by atoms with E-state index in [1.165, 1.54) is 23.3 Å². The third-order valence-corrected chi connectivity index (χ3v) is 6.09. The van der Waals surface area contributed by atoms with E-state index < -0.39 is 17.8 Å². The number of aromatic amines is 1. The molecule has 4 aromatic rings. The smallest absolute Gasteiger partial charge is 0.340 e. The van der Waals surface area contributed by atoms with Gasteiger partial charge in [0, 0.05) is 6.54 Å². The lowest BCUT2D eigenvalue weighted by atomic mass is 10.0. The Morgan fingerprint density at radius 2 is 1.91 bits per heavy atom. The Kier molecular flexibility index (Phi) is 4.95. The third kappa shape index (κ3) is 3.65. The highest BCUT2D eigenvalue weighted by Crippen LogP contribution is 2.40. The summed E-state index contributed by atoms with van der Waals surface area (Å²) < 4.78 is 40.5. The van der Waals surface area contributed by atoms with Gasteiger partial charge in [0.15, 0.2) is 0 Å². The molecule has 33 heavy (non-hydrogen) atoms. The number of imidazole rings is 1. The molecule has 2 atom stereocenters. The zero-order valence-electron chi connectivity index (χ0n) is 18.0. The van der Waals surface area contributed by atoms with Crippen molar-refractivity contribution in [2.45, 2.75) is 32.5 Å². The van der Waals surface area contributed by atoms with Crippen molar-refractivity contribution in [1.82, 2.24) is 29.9 Å². The number of aromatic nitrogens is 5. The van der Waals surface area contributed by atoms with Crippen LogP contribution < -0.4 is 0 Å². The number of halogens is 3. The predicted molar refractivity (Wildman–Crippen MR) is 115 cm³/mol. The number of nitrogens with zero attached hydrogens (tertiary/aromatic N) is 5. The molecule has 0 unspecified atom stereocenters. The number of amides is 1. The monoisotopic (exact) mass is 454 g/mol. The minimum Gasteiger partial charge on any atom is -0.340 e. The molecule has 7 nitrogen and oxygen atoms in total. The minimum atomic E-state index is -4.52. The summed E-state index contributed by atoms with van der Waals surface area (Å²) in [6.45, 7) is 4.33. The van der Waals surface area contributed by atoms with E-state index in [1.54, 1.807) is 23.1 Å². The number of para-hydroxylation sites is 1. The first-order chi connectivity index (χ1) is 15.7. The van der Waals surface area contributed by atoms with E-state index in [-0.39, 0.29) is 17.3 Å². The second kappa shape index (κ2) is 7.72. The first-order valence-corrected chi connectivity index (χ1v) is 10.6. The Hall–Kier alpha value is -3.69. The van der Waals surface area contributed by atoms with Crippen LogP contribution in [0.25, 0.3) is 16.7 Å². The number of aryl methyl sites for hydroxylation is 1. The fourth-order valence-electron chi connectivity index (χ4n) is 4.50. The van der Waals surface area contributed by atoms with Crippen molar-refractivity contribution in [1.29, 1.82) is 0 Å². The summed E-state index contributed by atoms with van der Waals surface area (Å²) in [5.41, 5.74) is 1.23. The lowest BCUT2D eigenvalue weighted by molar-refractivity contribution is -0.136. The number of nitrogens with one attached hydrogen (secondary N) is 1. The van der Waals surface area contributed by atoms with E-state index in [0.717, 1.165) is 11.6 Å². The van der Waals surface area contributed by atoms with Crippen LogP contribution in [0.1, 0.15) is 46.7 Å². The van der Waals surface area contributed by atoms with Gasteiger partial charge >= 0.3 is 6.18 Å². The topological polar surface area (TPSA) is 79.7 Å². The Balaban J connectivity index is 1.57. The molecular formula is C23H21F3N6O. The maximum absolute atomic E-state index is 13.7. The van der Waals surface area contributed by atoms with Crippen LogP contribution in [0.5, 0.6) is 0 Å². The number of carbonyl (C=O) groups excluding carboxylic acids is 1. The van der Waals surface area contributed by atoms with E-state index >= 15 is 0 Å². The van der Waals surface area contributed by atoms with Crippen LogP contribution in [-0.4, -0.2) is 42.3 Å². The number of rotatable bonds is 3. The van der Waals surface area contributed by atoms with Crippen LogP contribution in [0.3, 0.4) is 0 Å². The molecule has 170 valence electrons. The molecule has 1 aliphatic rings. The molecule has 1 saturated heterocycles. The van der Waals surface area contributed by atoms with Gasteiger partial charge in [0.25, 0.3) is 5.91 Å². The van der Waals surface area contributed by atoms with Crippen LogP contribution in [0.4, 0.5) is 13.2 Å². The van der Waals surface area contributed by atoms with E-state index in [0.29, 0.717) is 35.6 Å². The molecule has 0 saturated carbocycles. The molecular weight excluding hydrogens is 433 g/mol. The van der Waals surface area contributed by atoms with Crippen molar-refractivity contribution >= 4 is 16.9 Å². The van der Waals surface area contributed by atoms with E-state index in [2.05, 4.69) is 20.2 Å². The summed E-state index contributed by atoms with van der Waals surface area (Å²) in [6.07, 6.45) is -0.750. The first-order valence-electron chi connectivity index (χ1n) is 10.6. The average Bonchev–Trinajstić information content (AvgIpc) is 3.51. The van der Waals surface area contributed by atoms with Crippen LogP contribution in [0.2, 0.25) is 0 Å². The van der Waals surface area contributed by atoms with E-state index in [9.17, 15) is 18.0 Å². The summed E-state index contributed by atoms with van der Waals surface area (Å²) in [5.74, 6) is 0.128. The van der Waals surface area contributed by atoms with Crippen molar-refractivity contribution in [3.05, 3.63) is 71.3 Å².